The summed E-state index contributed by atoms with van der Waals surface area (Å²) in [5, 5.41) is 2.86. The quantitative estimate of drug-likeness (QED) is 0.882. The molecule has 1 aromatic heterocycles. The lowest BCUT2D eigenvalue weighted by atomic mass is 10.1. The minimum Gasteiger partial charge on any atom is -0.347 e. The molecule has 0 spiro atoms. The third kappa shape index (κ3) is 2.67. The Morgan fingerprint density at radius 1 is 1.44 bits per heavy atom. The molecule has 0 saturated heterocycles. The number of amides is 1. The molecular weight excluding hydrogens is 220 g/mol. The summed E-state index contributed by atoms with van der Waals surface area (Å²) in [4.78, 5) is 12.3. The average Bonchev–Trinajstić information content (AvgIpc) is 2.79. The van der Waals surface area contributed by atoms with E-state index in [2.05, 4.69) is 15.8 Å². The standard InChI is InChI=1S/C12H12N2OS/c1-9-3-2-4-10(7-9)8-13-12(15)11-5-6-14-16-11/h2-7H,8H2,1H3,(H,13,15). The molecule has 1 aromatic carbocycles. The Hall–Kier alpha value is -1.68. The summed E-state index contributed by atoms with van der Waals surface area (Å²) in [5.74, 6) is -0.0657. The van der Waals surface area contributed by atoms with Crippen LogP contribution in [-0.4, -0.2) is 10.3 Å². The number of benzene rings is 1. The van der Waals surface area contributed by atoms with Crippen LogP contribution in [0.2, 0.25) is 0 Å². The lowest BCUT2D eigenvalue weighted by Gasteiger charge is -2.04. The molecule has 0 radical (unpaired) electrons. The van der Waals surface area contributed by atoms with E-state index in [9.17, 15) is 4.79 Å². The van der Waals surface area contributed by atoms with E-state index < -0.39 is 0 Å². The van der Waals surface area contributed by atoms with Gasteiger partial charge in [0.05, 0.1) is 0 Å². The molecule has 0 aliphatic carbocycles. The fourth-order valence-corrected chi connectivity index (χ4v) is 1.94. The van der Waals surface area contributed by atoms with Crippen molar-refractivity contribution in [3.63, 3.8) is 0 Å². The highest BCUT2D eigenvalue weighted by atomic mass is 32.1. The van der Waals surface area contributed by atoms with Crippen LogP contribution in [0.1, 0.15) is 20.8 Å². The van der Waals surface area contributed by atoms with Gasteiger partial charge >= 0.3 is 0 Å². The molecule has 16 heavy (non-hydrogen) atoms. The third-order valence-electron chi connectivity index (χ3n) is 2.20. The van der Waals surface area contributed by atoms with Crippen LogP contribution in [0.3, 0.4) is 0 Å². The van der Waals surface area contributed by atoms with E-state index in [1.807, 2.05) is 25.1 Å². The van der Waals surface area contributed by atoms with Gasteiger partial charge in [-0.15, -0.1) is 0 Å². The fourth-order valence-electron chi connectivity index (χ4n) is 1.42. The van der Waals surface area contributed by atoms with Gasteiger partial charge in [-0.05, 0) is 30.1 Å². The monoisotopic (exact) mass is 232 g/mol. The maximum atomic E-state index is 11.6. The number of aryl methyl sites for hydroxylation is 1. The van der Waals surface area contributed by atoms with Crippen molar-refractivity contribution in [1.29, 1.82) is 0 Å². The Bertz CT molecular complexity index is 480. The zero-order valence-corrected chi connectivity index (χ0v) is 9.75. The second-order valence-electron chi connectivity index (χ2n) is 3.55. The topological polar surface area (TPSA) is 42.0 Å². The maximum absolute atomic E-state index is 11.6. The van der Waals surface area contributed by atoms with Crippen molar-refractivity contribution in [2.45, 2.75) is 13.5 Å². The SMILES string of the molecule is Cc1cccc(CNC(=O)c2ccns2)c1. The number of nitrogens with zero attached hydrogens (tertiary/aromatic N) is 1. The summed E-state index contributed by atoms with van der Waals surface area (Å²) in [7, 11) is 0. The molecule has 1 heterocycles. The average molecular weight is 232 g/mol. The fraction of sp³-hybridized carbons (Fsp3) is 0.167. The third-order valence-corrected chi connectivity index (χ3v) is 2.94. The van der Waals surface area contributed by atoms with Crippen LogP contribution in [0.25, 0.3) is 0 Å². The van der Waals surface area contributed by atoms with Crippen LogP contribution in [-0.2, 0) is 6.54 Å². The van der Waals surface area contributed by atoms with Gasteiger partial charge in [0.15, 0.2) is 0 Å². The van der Waals surface area contributed by atoms with Crippen LogP contribution in [0.15, 0.2) is 36.5 Å². The van der Waals surface area contributed by atoms with E-state index in [-0.39, 0.29) is 5.91 Å². The molecule has 1 amide bonds. The summed E-state index contributed by atoms with van der Waals surface area (Å²) in [5.41, 5.74) is 2.31. The molecular formula is C12H12N2OS. The Morgan fingerprint density at radius 3 is 3.00 bits per heavy atom. The van der Waals surface area contributed by atoms with E-state index in [1.54, 1.807) is 12.3 Å². The predicted molar refractivity (Wildman–Crippen MR) is 64.5 cm³/mol. The molecule has 0 atom stereocenters. The van der Waals surface area contributed by atoms with Crippen LogP contribution in [0.4, 0.5) is 0 Å². The molecule has 0 aliphatic rings. The van der Waals surface area contributed by atoms with Crippen LogP contribution < -0.4 is 5.32 Å². The Labute approximate surface area is 98.3 Å². The van der Waals surface area contributed by atoms with Crippen LogP contribution >= 0.6 is 11.5 Å². The number of carbonyl (C=O) groups excluding carboxylic acids is 1. The summed E-state index contributed by atoms with van der Waals surface area (Å²) in [6.07, 6.45) is 1.63. The number of carbonyl (C=O) groups is 1. The summed E-state index contributed by atoms with van der Waals surface area (Å²) < 4.78 is 3.89. The maximum Gasteiger partial charge on any atom is 0.263 e. The van der Waals surface area contributed by atoms with Crippen molar-refractivity contribution in [1.82, 2.24) is 9.69 Å². The molecule has 3 nitrogen and oxygen atoms in total. The molecule has 0 saturated carbocycles. The Kier molecular flexibility index (Phi) is 3.31. The number of nitrogens with one attached hydrogen (secondary N) is 1. The molecule has 82 valence electrons. The van der Waals surface area contributed by atoms with Gasteiger partial charge in [0.2, 0.25) is 0 Å². The highest BCUT2D eigenvalue weighted by molar-refractivity contribution is 7.08. The molecule has 2 aromatic rings. The summed E-state index contributed by atoms with van der Waals surface area (Å²) in [6, 6.07) is 9.81. The predicted octanol–water partition coefficient (Wildman–Crippen LogP) is 2.38. The van der Waals surface area contributed by atoms with Crippen molar-refractivity contribution >= 4 is 17.4 Å². The first kappa shape index (κ1) is 10.8. The van der Waals surface area contributed by atoms with E-state index in [0.29, 0.717) is 11.4 Å². The van der Waals surface area contributed by atoms with E-state index in [0.717, 1.165) is 5.56 Å². The van der Waals surface area contributed by atoms with E-state index >= 15 is 0 Å². The summed E-state index contributed by atoms with van der Waals surface area (Å²) in [6.45, 7) is 2.59. The molecule has 0 unspecified atom stereocenters. The largest absolute Gasteiger partial charge is 0.347 e. The van der Waals surface area contributed by atoms with Gasteiger partial charge in [-0.3, -0.25) is 4.79 Å². The smallest absolute Gasteiger partial charge is 0.263 e. The molecule has 4 heteroatoms. The van der Waals surface area contributed by atoms with Gasteiger partial charge in [0, 0.05) is 12.7 Å². The van der Waals surface area contributed by atoms with Gasteiger partial charge in [-0.25, -0.2) is 4.37 Å². The second kappa shape index (κ2) is 4.90. The van der Waals surface area contributed by atoms with Gasteiger partial charge in [-0.1, -0.05) is 29.8 Å². The second-order valence-corrected chi connectivity index (χ2v) is 4.38. The highest BCUT2D eigenvalue weighted by Gasteiger charge is 2.06. The van der Waals surface area contributed by atoms with Crippen molar-refractivity contribution in [2.75, 3.05) is 0 Å². The van der Waals surface area contributed by atoms with E-state index in [4.69, 9.17) is 0 Å². The highest BCUT2D eigenvalue weighted by Crippen LogP contribution is 2.06. The summed E-state index contributed by atoms with van der Waals surface area (Å²) >= 11 is 1.21. The van der Waals surface area contributed by atoms with Crippen LogP contribution in [0.5, 0.6) is 0 Å². The molecule has 0 fully saturated rings. The molecule has 0 bridgehead atoms. The minimum absolute atomic E-state index is 0.0657. The Morgan fingerprint density at radius 2 is 2.31 bits per heavy atom. The molecule has 2 rings (SSSR count). The van der Waals surface area contributed by atoms with E-state index in [1.165, 1.54) is 17.1 Å². The van der Waals surface area contributed by atoms with Gasteiger partial charge in [0.25, 0.3) is 5.91 Å². The minimum atomic E-state index is -0.0657. The van der Waals surface area contributed by atoms with Crippen molar-refractivity contribution in [3.05, 3.63) is 52.5 Å². The van der Waals surface area contributed by atoms with Crippen molar-refractivity contribution in [3.8, 4) is 0 Å². The number of hydrogen-bond donors (Lipinski definition) is 1. The first-order chi connectivity index (χ1) is 7.75. The first-order valence-electron chi connectivity index (χ1n) is 5.00. The molecule has 1 N–H and O–H groups in total. The number of rotatable bonds is 3. The Balaban J connectivity index is 1.95. The van der Waals surface area contributed by atoms with Gasteiger partial charge in [-0.2, -0.15) is 0 Å². The molecule has 0 aliphatic heterocycles. The van der Waals surface area contributed by atoms with Gasteiger partial charge < -0.3 is 5.32 Å². The number of aromatic nitrogens is 1. The lowest BCUT2D eigenvalue weighted by Crippen LogP contribution is -2.21. The van der Waals surface area contributed by atoms with Gasteiger partial charge in [0.1, 0.15) is 4.88 Å². The van der Waals surface area contributed by atoms with Crippen LogP contribution in [0, 0.1) is 6.92 Å². The zero-order chi connectivity index (χ0) is 11.4. The lowest BCUT2D eigenvalue weighted by molar-refractivity contribution is 0.0955. The van der Waals surface area contributed by atoms with Crippen molar-refractivity contribution < 1.29 is 4.79 Å². The number of hydrogen-bond acceptors (Lipinski definition) is 3. The van der Waals surface area contributed by atoms with Crippen molar-refractivity contribution in [2.24, 2.45) is 0 Å². The normalized spacial score (nSPS) is 10.1. The zero-order valence-electron chi connectivity index (χ0n) is 8.93. The first-order valence-corrected chi connectivity index (χ1v) is 5.77.